The van der Waals surface area contributed by atoms with Crippen LogP contribution < -0.4 is 0 Å². The Balaban J connectivity index is 3.31. The fourth-order valence-electron chi connectivity index (χ4n) is 2.87. The van der Waals surface area contributed by atoms with Crippen LogP contribution in [0.4, 0.5) is 0 Å². The maximum absolute atomic E-state index is 12.0. The number of benzene rings is 1. The molecule has 0 unspecified atom stereocenters. The average molecular weight is 305 g/mol. The van der Waals surface area contributed by atoms with Gasteiger partial charge >= 0.3 is 5.97 Å². The Morgan fingerprint density at radius 1 is 1.05 bits per heavy atom. The van der Waals surface area contributed by atoms with Crippen LogP contribution in [0.3, 0.4) is 0 Å². The summed E-state index contributed by atoms with van der Waals surface area (Å²) in [7, 11) is 0.107. The molecule has 0 aliphatic heterocycles. The van der Waals surface area contributed by atoms with Crippen LogP contribution in [-0.2, 0) is 9.53 Å². The number of hydrogen-bond acceptors (Lipinski definition) is 2. The number of hydrogen-bond donors (Lipinski definition) is 0. The first-order valence-corrected chi connectivity index (χ1v) is 10.7. The van der Waals surface area contributed by atoms with Crippen LogP contribution in [0.5, 0.6) is 0 Å². The van der Waals surface area contributed by atoms with E-state index in [0.717, 1.165) is 17.2 Å². The van der Waals surface area contributed by atoms with Gasteiger partial charge in [0.2, 0.25) is 0 Å². The van der Waals surface area contributed by atoms with E-state index in [1.54, 1.807) is 0 Å². The Kier molecular flexibility index (Phi) is 6.89. The molecule has 0 heterocycles. The zero-order chi connectivity index (χ0) is 15.9. The molecule has 1 aromatic rings. The van der Waals surface area contributed by atoms with Crippen molar-refractivity contribution in [1.82, 2.24) is 0 Å². The largest absolute Gasteiger partial charge is 0.466 e. The van der Waals surface area contributed by atoms with Crippen molar-refractivity contribution >= 4 is 19.6 Å². The molecule has 0 saturated carbocycles. The summed E-state index contributed by atoms with van der Waals surface area (Å²) in [5.74, 6) is -0.208. The first-order valence-electron chi connectivity index (χ1n) is 7.87. The molecule has 0 spiro atoms. The SMILES string of the molecule is CC[Si](CC)(CC)C/C(=C(\C)C(=O)OC)c1ccccc1. The third kappa shape index (κ3) is 4.30. The molecule has 1 aromatic carbocycles. The van der Waals surface area contributed by atoms with Crippen LogP contribution in [0.1, 0.15) is 33.3 Å². The number of ether oxygens (including phenoxy) is 1. The second-order valence-electron chi connectivity index (χ2n) is 5.70. The summed E-state index contributed by atoms with van der Waals surface area (Å²) in [5.41, 5.74) is 3.10. The van der Waals surface area contributed by atoms with Crippen molar-refractivity contribution in [3.8, 4) is 0 Å². The zero-order valence-corrected chi connectivity index (χ0v) is 15.0. The lowest BCUT2D eigenvalue weighted by molar-refractivity contribution is -0.135. The van der Waals surface area contributed by atoms with Gasteiger partial charge in [0.25, 0.3) is 0 Å². The first-order chi connectivity index (χ1) is 10.0. The summed E-state index contributed by atoms with van der Waals surface area (Å²) in [6.45, 7) is 8.80. The van der Waals surface area contributed by atoms with Crippen molar-refractivity contribution in [3.63, 3.8) is 0 Å². The minimum atomic E-state index is -1.35. The van der Waals surface area contributed by atoms with Crippen molar-refractivity contribution in [2.24, 2.45) is 0 Å². The summed E-state index contributed by atoms with van der Waals surface area (Å²) in [6.07, 6.45) is 0. The fourth-order valence-corrected chi connectivity index (χ4v) is 6.34. The Morgan fingerprint density at radius 3 is 2.00 bits per heavy atom. The van der Waals surface area contributed by atoms with Gasteiger partial charge in [-0.1, -0.05) is 69.2 Å². The lowest BCUT2D eigenvalue weighted by Crippen LogP contribution is -2.31. The van der Waals surface area contributed by atoms with Gasteiger partial charge < -0.3 is 4.74 Å². The first kappa shape index (κ1) is 17.7. The lowest BCUT2D eigenvalue weighted by Gasteiger charge is -2.30. The number of allylic oxidation sites excluding steroid dienone is 1. The van der Waals surface area contributed by atoms with Gasteiger partial charge in [0, 0.05) is 5.57 Å². The Bertz CT molecular complexity index is 479. The Morgan fingerprint density at radius 2 is 1.57 bits per heavy atom. The van der Waals surface area contributed by atoms with Gasteiger partial charge in [-0.2, -0.15) is 0 Å². The van der Waals surface area contributed by atoms with E-state index >= 15 is 0 Å². The molecule has 0 aliphatic carbocycles. The molecule has 0 N–H and O–H groups in total. The summed E-state index contributed by atoms with van der Waals surface area (Å²) < 4.78 is 4.95. The van der Waals surface area contributed by atoms with Gasteiger partial charge in [-0.05, 0) is 24.1 Å². The van der Waals surface area contributed by atoms with Crippen molar-refractivity contribution in [2.75, 3.05) is 7.11 Å². The van der Waals surface area contributed by atoms with E-state index in [2.05, 4.69) is 32.9 Å². The average Bonchev–Trinajstić information content (AvgIpc) is 2.56. The van der Waals surface area contributed by atoms with E-state index in [1.807, 2.05) is 25.1 Å². The number of methoxy groups -OCH3 is 1. The van der Waals surface area contributed by atoms with Gasteiger partial charge in [0.1, 0.15) is 0 Å². The highest BCUT2D eigenvalue weighted by molar-refractivity contribution is 6.81. The highest BCUT2D eigenvalue weighted by atomic mass is 28.3. The van der Waals surface area contributed by atoms with Crippen molar-refractivity contribution in [2.45, 2.75) is 51.9 Å². The fraction of sp³-hybridized carbons (Fsp3) is 0.500. The normalized spacial score (nSPS) is 12.8. The summed E-state index contributed by atoms with van der Waals surface area (Å²) in [6, 6.07) is 15.1. The van der Waals surface area contributed by atoms with Crippen LogP contribution in [0.15, 0.2) is 35.9 Å². The summed E-state index contributed by atoms with van der Waals surface area (Å²) in [4.78, 5) is 12.0. The van der Waals surface area contributed by atoms with Crippen LogP contribution in [0, 0.1) is 0 Å². The van der Waals surface area contributed by atoms with Crippen molar-refractivity contribution < 1.29 is 9.53 Å². The van der Waals surface area contributed by atoms with E-state index in [9.17, 15) is 4.79 Å². The molecule has 0 fully saturated rings. The molecule has 1 rings (SSSR count). The molecule has 0 aromatic heterocycles. The van der Waals surface area contributed by atoms with Crippen LogP contribution in [0.25, 0.3) is 5.57 Å². The molecule has 0 radical (unpaired) electrons. The molecule has 0 aliphatic rings. The van der Waals surface area contributed by atoms with Gasteiger partial charge in [-0.25, -0.2) is 4.79 Å². The van der Waals surface area contributed by atoms with Crippen LogP contribution >= 0.6 is 0 Å². The van der Waals surface area contributed by atoms with Crippen LogP contribution in [0.2, 0.25) is 24.2 Å². The maximum atomic E-state index is 12.0. The summed E-state index contributed by atoms with van der Waals surface area (Å²) in [5, 5.41) is 0. The van der Waals surface area contributed by atoms with E-state index in [-0.39, 0.29) is 5.97 Å². The Labute approximate surface area is 130 Å². The minimum Gasteiger partial charge on any atom is -0.466 e. The van der Waals surface area contributed by atoms with E-state index < -0.39 is 8.07 Å². The highest BCUT2D eigenvalue weighted by Crippen LogP contribution is 2.35. The molecule has 21 heavy (non-hydrogen) atoms. The number of rotatable bonds is 7. The summed E-state index contributed by atoms with van der Waals surface area (Å²) >= 11 is 0. The molecule has 0 bridgehead atoms. The van der Waals surface area contributed by atoms with Gasteiger partial charge in [0.05, 0.1) is 15.2 Å². The zero-order valence-electron chi connectivity index (χ0n) is 14.0. The van der Waals surface area contributed by atoms with E-state index in [0.29, 0.717) is 0 Å². The predicted molar refractivity (Wildman–Crippen MR) is 93.1 cm³/mol. The number of carbonyl (C=O) groups is 1. The third-order valence-electron chi connectivity index (χ3n) is 4.87. The van der Waals surface area contributed by atoms with Gasteiger partial charge in [-0.3, -0.25) is 0 Å². The predicted octanol–water partition coefficient (Wildman–Crippen LogP) is 5.14. The Hall–Kier alpha value is -1.35. The standard InChI is InChI=1S/C18H28O2Si/c1-6-21(7-2,8-3)14-17(15(4)18(19)20-5)16-12-10-9-11-13-16/h9-13H,6-8,14H2,1-5H3/b17-15-. The second kappa shape index (κ2) is 8.18. The molecular weight excluding hydrogens is 276 g/mol. The van der Waals surface area contributed by atoms with E-state index in [1.165, 1.54) is 30.8 Å². The molecule has 2 nitrogen and oxygen atoms in total. The van der Waals surface area contributed by atoms with Crippen molar-refractivity contribution in [1.29, 1.82) is 0 Å². The maximum Gasteiger partial charge on any atom is 0.333 e. The van der Waals surface area contributed by atoms with Crippen LogP contribution in [-0.4, -0.2) is 21.2 Å². The quantitative estimate of drug-likeness (QED) is 0.396. The second-order valence-corrected chi connectivity index (χ2v) is 11.2. The molecule has 116 valence electrons. The van der Waals surface area contributed by atoms with Gasteiger partial charge in [-0.15, -0.1) is 0 Å². The molecule has 0 atom stereocenters. The number of carbonyl (C=O) groups excluding carboxylic acids is 1. The molecular formula is C18H28O2Si. The highest BCUT2D eigenvalue weighted by Gasteiger charge is 2.29. The molecule has 3 heteroatoms. The minimum absolute atomic E-state index is 0.208. The topological polar surface area (TPSA) is 26.3 Å². The number of esters is 1. The third-order valence-corrected chi connectivity index (χ3v) is 10.5. The van der Waals surface area contributed by atoms with Gasteiger partial charge in [0.15, 0.2) is 0 Å². The monoisotopic (exact) mass is 304 g/mol. The molecule has 0 amide bonds. The van der Waals surface area contributed by atoms with Crippen molar-refractivity contribution in [3.05, 3.63) is 41.5 Å². The lowest BCUT2D eigenvalue weighted by atomic mass is 10.0. The smallest absolute Gasteiger partial charge is 0.333 e. The van der Waals surface area contributed by atoms with E-state index in [4.69, 9.17) is 4.74 Å². The molecule has 0 saturated heterocycles.